The second-order valence-electron chi connectivity index (χ2n) is 6.74. The number of hydrogen-bond acceptors (Lipinski definition) is 8. The van der Waals surface area contributed by atoms with E-state index >= 15 is 0 Å². The summed E-state index contributed by atoms with van der Waals surface area (Å²) in [6.07, 6.45) is 1.71. The smallest absolute Gasteiger partial charge is 0.223 e. The molecule has 0 aliphatic heterocycles. The van der Waals surface area contributed by atoms with Gasteiger partial charge >= 0.3 is 0 Å². The maximum absolute atomic E-state index is 5.80. The van der Waals surface area contributed by atoms with E-state index in [0.717, 1.165) is 17.0 Å². The lowest BCUT2D eigenvalue weighted by Gasteiger charge is -2.11. The van der Waals surface area contributed by atoms with Crippen LogP contribution in [0.4, 0.5) is 5.95 Å². The second-order valence-corrected chi connectivity index (χ2v) is 6.74. The van der Waals surface area contributed by atoms with Crippen LogP contribution in [0.5, 0.6) is 11.5 Å². The summed E-state index contributed by atoms with van der Waals surface area (Å²) >= 11 is 0. The molecule has 3 heterocycles. The summed E-state index contributed by atoms with van der Waals surface area (Å²) in [6.45, 7) is 4.26. The third kappa shape index (κ3) is 3.98. The molecule has 0 spiro atoms. The van der Waals surface area contributed by atoms with Gasteiger partial charge in [-0.25, -0.2) is 9.97 Å². The molecular formula is C22H22N4O4. The molecule has 0 unspecified atom stereocenters. The van der Waals surface area contributed by atoms with E-state index in [2.05, 4.69) is 20.4 Å². The topological polar surface area (TPSA) is 95.4 Å². The SMILES string of the molecule is COc1ccc(CNc2ncc(-c3cc(C)no3)c(-c3ccc(C)o3)n2)cc1OC. The fraction of sp³-hybridized carbons (Fsp3) is 0.227. The van der Waals surface area contributed by atoms with E-state index in [1.807, 2.05) is 50.2 Å². The van der Waals surface area contributed by atoms with Crippen molar-refractivity contribution in [3.8, 4) is 34.3 Å². The Morgan fingerprint density at radius 3 is 2.47 bits per heavy atom. The van der Waals surface area contributed by atoms with E-state index in [9.17, 15) is 0 Å². The standard InChI is InChI=1S/C22H22N4O4/c1-13-9-19(30-26-13)16-12-24-22(25-21(16)18-7-5-14(2)29-18)23-11-15-6-8-17(27-3)20(10-15)28-4/h5-10,12H,11H2,1-4H3,(H,23,24,25). The van der Waals surface area contributed by atoms with Gasteiger partial charge in [0.25, 0.3) is 0 Å². The first-order valence-electron chi connectivity index (χ1n) is 9.39. The number of rotatable bonds is 7. The number of hydrogen-bond donors (Lipinski definition) is 1. The van der Waals surface area contributed by atoms with E-state index in [4.69, 9.17) is 18.4 Å². The number of ether oxygens (including phenoxy) is 2. The highest BCUT2D eigenvalue weighted by Gasteiger charge is 2.18. The predicted octanol–water partition coefficient (Wildman–Crippen LogP) is 4.64. The van der Waals surface area contributed by atoms with Crippen molar-refractivity contribution < 1.29 is 18.4 Å². The number of aryl methyl sites for hydroxylation is 2. The highest BCUT2D eigenvalue weighted by atomic mass is 16.5. The summed E-state index contributed by atoms with van der Waals surface area (Å²) in [7, 11) is 3.22. The fourth-order valence-corrected chi connectivity index (χ4v) is 3.06. The van der Waals surface area contributed by atoms with Gasteiger partial charge in [-0.15, -0.1) is 0 Å². The monoisotopic (exact) mass is 406 g/mol. The minimum absolute atomic E-state index is 0.467. The molecule has 0 atom stereocenters. The highest BCUT2D eigenvalue weighted by Crippen LogP contribution is 2.32. The zero-order valence-corrected chi connectivity index (χ0v) is 17.2. The van der Waals surface area contributed by atoms with Crippen molar-refractivity contribution in [3.63, 3.8) is 0 Å². The zero-order valence-electron chi connectivity index (χ0n) is 17.2. The average molecular weight is 406 g/mol. The van der Waals surface area contributed by atoms with Crippen LogP contribution in [0.1, 0.15) is 17.0 Å². The van der Waals surface area contributed by atoms with Crippen LogP contribution in [0, 0.1) is 13.8 Å². The van der Waals surface area contributed by atoms with E-state index in [-0.39, 0.29) is 0 Å². The van der Waals surface area contributed by atoms with Gasteiger partial charge in [0, 0.05) is 18.8 Å². The predicted molar refractivity (Wildman–Crippen MR) is 112 cm³/mol. The number of benzene rings is 1. The van der Waals surface area contributed by atoms with Crippen molar-refractivity contribution in [2.75, 3.05) is 19.5 Å². The van der Waals surface area contributed by atoms with Gasteiger partial charge in [-0.05, 0) is 43.7 Å². The molecular weight excluding hydrogens is 384 g/mol. The lowest BCUT2D eigenvalue weighted by Crippen LogP contribution is -2.05. The maximum atomic E-state index is 5.80. The molecule has 154 valence electrons. The fourth-order valence-electron chi connectivity index (χ4n) is 3.06. The van der Waals surface area contributed by atoms with E-state index in [0.29, 0.717) is 46.8 Å². The molecule has 0 aliphatic carbocycles. The average Bonchev–Trinajstić information content (AvgIpc) is 3.40. The van der Waals surface area contributed by atoms with Crippen molar-refractivity contribution in [2.24, 2.45) is 0 Å². The summed E-state index contributed by atoms with van der Waals surface area (Å²) < 4.78 is 21.9. The lowest BCUT2D eigenvalue weighted by molar-refractivity contribution is 0.354. The molecule has 8 heteroatoms. The van der Waals surface area contributed by atoms with Gasteiger partial charge in [0.1, 0.15) is 11.5 Å². The Bertz CT molecular complexity index is 1170. The zero-order chi connectivity index (χ0) is 21.1. The van der Waals surface area contributed by atoms with Crippen LogP contribution >= 0.6 is 0 Å². The van der Waals surface area contributed by atoms with Crippen LogP contribution in [0.2, 0.25) is 0 Å². The Balaban J connectivity index is 1.63. The van der Waals surface area contributed by atoms with Crippen LogP contribution in [-0.2, 0) is 6.54 Å². The quantitative estimate of drug-likeness (QED) is 0.474. The summed E-state index contributed by atoms with van der Waals surface area (Å²) in [5, 5.41) is 7.21. The van der Waals surface area contributed by atoms with Gasteiger partial charge in [-0.1, -0.05) is 11.2 Å². The molecule has 0 saturated carbocycles. The molecule has 30 heavy (non-hydrogen) atoms. The second kappa shape index (κ2) is 8.28. The Kier molecular flexibility index (Phi) is 5.38. The number of anilines is 1. The minimum Gasteiger partial charge on any atom is -0.493 e. The van der Waals surface area contributed by atoms with Gasteiger partial charge in [0.2, 0.25) is 5.95 Å². The molecule has 0 amide bonds. The van der Waals surface area contributed by atoms with Crippen molar-refractivity contribution in [1.29, 1.82) is 0 Å². The molecule has 4 aromatic rings. The Hall–Kier alpha value is -3.81. The van der Waals surface area contributed by atoms with E-state index in [1.54, 1.807) is 20.4 Å². The molecule has 1 N–H and O–H groups in total. The Labute approximate surface area is 173 Å². The first-order chi connectivity index (χ1) is 14.6. The Morgan fingerprint density at radius 1 is 0.967 bits per heavy atom. The van der Waals surface area contributed by atoms with Gasteiger partial charge in [-0.2, -0.15) is 0 Å². The minimum atomic E-state index is 0.467. The third-order valence-corrected chi connectivity index (χ3v) is 4.55. The number of methoxy groups -OCH3 is 2. The number of aromatic nitrogens is 3. The molecule has 3 aromatic heterocycles. The molecule has 0 radical (unpaired) electrons. The summed E-state index contributed by atoms with van der Waals surface area (Å²) in [4.78, 5) is 9.11. The van der Waals surface area contributed by atoms with E-state index < -0.39 is 0 Å². The normalized spacial score (nSPS) is 10.8. The molecule has 0 aliphatic rings. The first-order valence-corrected chi connectivity index (χ1v) is 9.39. The van der Waals surface area contributed by atoms with Gasteiger partial charge < -0.3 is 23.7 Å². The summed E-state index contributed by atoms with van der Waals surface area (Å²) in [5.41, 5.74) is 3.12. The van der Waals surface area contributed by atoms with Crippen LogP contribution in [0.15, 0.2) is 51.5 Å². The lowest BCUT2D eigenvalue weighted by atomic mass is 10.1. The van der Waals surface area contributed by atoms with E-state index in [1.165, 1.54) is 0 Å². The van der Waals surface area contributed by atoms with Crippen LogP contribution in [-0.4, -0.2) is 29.3 Å². The first kappa shape index (κ1) is 19.5. The van der Waals surface area contributed by atoms with Crippen LogP contribution in [0.3, 0.4) is 0 Å². The third-order valence-electron chi connectivity index (χ3n) is 4.55. The van der Waals surface area contributed by atoms with Gasteiger partial charge in [0.05, 0.1) is 25.5 Å². The largest absolute Gasteiger partial charge is 0.493 e. The highest BCUT2D eigenvalue weighted by molar-refractivity contribution is 5.76. The van der Waals surface area contributed by atoms with Crippen molar-refractivity contribution >= 4 is 5.95 Å². The summed E-state index contributed by atoms with van der Waals surface area (Å²) in [5.74, 6) is 3.83. The van der Waals surface area contributed by atoms with Gasteiger partial charge in [0.15, 0.2) is 23.0 Å². The van der Waals surface area contributed by atoms with Crippen LogP contribution in [0.25, 0.3) is 22.8 Å². The summed E-state index contributed by atoms with van der Waals surface area (Å²) in [6, 6.07) is 11.3. The number of nitrogens with zero attached hydrogens (tertiary/aromatic N) is 3. The van der Waals surface area contributed by atoms with Gasteiger partial charge in [-0.3, -0.25) is 0 Å². The molecule has 8 nitrogen and oxygen atoms in total. The molecule has 1 aromatic carbocycles. The number of nitrogens with one attached hydrogen (secondary N) is 1. The molecule has 0 bridgehead atoms. The molecule has 0 saturated heterocycles. The maximum Gasteiger partial charge on any atom is 0.223 e. The molecule has 0 fully saturated rings. The van der Waals surface area contributed by atoms with Crippen molar-refractivity contribution in [2.45, 2.75) is 20.4 Å². The molecule has 4 rings (SSSR count). The van der Waals surface area contributed by atoms with Crippen molar-refractivity contribution in [3.05, 3.63) is 59.6 Å². The van der Waals surface area contributed by atoms with Crippen LogP contribution < -0.4 is 14.8 Å². The number of furan rings is 1. The van der Waals surface area contributed by atoms with Crippen molar-refractivity contribution in [1.82, 2.24) is 15.1 Å². The Morgan fingerprint density at radius 2 is 1.80 bits per heavy atom.